The third kappa shape index (κ3) is 3.84. The molecular formula is C25H23N7OS. The van der Waals surface area contributed by atoms with Crippen LogP contribution in [0.25, 0.3) is 22.5 Å². The number of nitrogens with one attached hydrogen (secondary N) is 1. The summed E-state index contributed by atoms with van der Waals surface area (Å²) in [6.45, 7) is 6.02. The van der Waals surface area contributed by atoms with Crippen LogP contribution in [0, 0.1) is 20.8 Å². The number of carbonyl (C=O) groups excluding carboxylic acids is 1. The maximum atomic E-state index is 13.1. The van der Waals surface area contributed by atoms with Gasteiger partial charge in [0.05, 0.1) is 28.5 Å². The SMILES string of the molecule is CSc1ccccc1C(=O)Nc1cc(C)nn1-c1ncnc2c1cnn2-c1ccc(C)c(C)c1. The van der Waals surface area contributed by atoms with E-state index in [1.54, 1.807) is 15.6 Å². The van der Waals surface area contributed by atoms with Gasteiger partial charge in [0.25, 0.3) is 5.91 Å². The molecule has 0 radical (unpaired) electrons. The first kappa shape index (κ1) is 21.8. The second kappa shape index (κ2) is 8.75. The number of aryl methyl sites for hydroxylation is 3. The van der Waals surface area contributed by atoms with E-state index in [1.807, 2.05) is 49.6 Å². The topological polar surface area (TPSA) is 90.5 Å². The molecule has 3 aromatic heterocycles. The molecule has 1 amide bonds. The number of carbonyl (C=O) groups is 1. The zero-order chi connectivity index (χ0) is 23.8. The summed E-state index contributed by atoms with van der Waals surface area (Å²) in [5.41, 5.74) is 5.32. The summed E-state index contributed by atoms with van der Waals surface area (Å²) in [4.78, 5) is 23.0. The lowest BCUT2D eigenvalue weighted by molar-refractivity contribution is 0.102. The van der Waals surface area contributed by atoms with Gasteiger partial charge in [-0.25, -0.2) is 14.6 Å². The van der Waals surface area contributed by atoms with Crippen LogP contribution in [-0.2, 0) is 0 Å². The van der Waals surface area contributed by atoms with Crippen LogP contribution in [0.5, 0.6) is 0 Å². The van der Waals surface area contributed by atoms with E-state index in [0.29, 0.717) is 22.8 Å². The predicted octanol–water partition coefficient (Wildman–Crippen LogP) is 4.90. The molecule has 0 aliphatic heterocycles. The van der Waals surface area contributed by atoms with Gasteiger partial charge in [0.2, 0.25) is 0 Å². The predicted molar refractivity (Wildman–Crippen MR) is 134 cm³/mol. The zero-order valence-electron chi connectivity index (χ0n) is 19.3. The second-order valence-electron chi connectivity index (χ2n) is 8.00. The van der Waals surface area contributed by atoms with Crippen molar-refractivity contribution in [2.45, 2.75) is 25.7 Å². The molecule has 34 heavy (non-hydrogen) atoms. The molecule has 8 nitrogen and oxygen atoms in total. The van der Waals surface area contributed by atoms with Crippen LogP contribution in [0.4, 0.5) is 5.82 Å². The number of aromatic nitrogens is 6. The Hall–Kier alpha value is -3.98. The third-order valence-corrected chi connectivity index (χ3v) is 6.50. The molecule has 3 heterocycles. The van der Waals surface area contributed by atoms with Crippen molar-refractivity contribution in [3.8, 4) is 11.5 Å². The fourth-order valence-corrected chi connectivity index (χ4v) is 4.41. The highest BCUT2D eigenvalue weighted by Crippen LogP contribution is 2.26. The van der Waals surface area contributed by atoms with Crippen LogP contribution in [0.1, 0.15) is 27.2 Å². The average molecular weight is 470 g/mol. The first-order valence-electron chi connectivity index (χ1n) is 10.7. The number of fused-ring (bicyclic) bond motifs is 1. The average Bonchev–Trinajstić information content (AvgIpc) is 3.44. The van der Waals surface area contributed by atoms with Crippen molar-refractivity contribution in [3.05, 3.63) is 83.4 Å². The van der Waals surface area contributed by atoms with E-state index >= 15 is 0 Å². The van der Waals surface area contributed by atoms with E-state index in [0.717, 1.165) is 21.7 Å². The monoisotopic (exact) mass is 469 g/mol. The van der Waals surface area contributed by atoms with E-state index in [-0.39, 0.29) is 5.91 Å². The van der Waals surface area contributed by atoms with Gasteiger partial charge in [0, 0.05) is 11.0 Å². The van der Waals surface area contributed by atoms with Gasteiger partial charge < -0.3 is 5.32 Å². The lowest BCUT2D eigenvalue weighted by Gasteiger charge is -2.11. The molecule has 5 rings (SSSR count). The Morgan fingerprint density at radius 2 is 1.79 bits per heavy atom. The van der Waals surface area contributed by atoms with Gasteiger partial charge in [-0.05, 0) is 62.4 Å². The highest BCUT2D eigenvalue weighted by atomic mass is 32.2. The van der Waals surface area contributed by atoms with Gasteiger partial charge in [-0.2, -0.15) is 14.9 Å². The Labute approximate surface area is 201 Å². The lowest BCUT2D eigenvalue weighted by Crippen LogP contribution is -2.16. The molecule has 0 fully saturated rings. The molecule has 5 aromatic rings. The molecule has 1 N–H and O–H groups in total. The van der Waals surface area contributed by atoms with E-state index in [1.165, 1.54) is 29.2 Å². The summed E-state index contributed by atoms with van der Waals surface area (Å²) in [5.74, 6) is 0.862. The Morgan fingerprint density at radius 3 is 2.59 bits per heavy atom. The smallest absolute Gasteiger partial charge is 0.257 e. The normalized spacial score (nSPS) is 11.2. The molecule has 0 aliphatic rings. The highest BCUT2D eigenvalue weighted by Gasteiger charge is 2.19. The number of anilines is 1. The third-order valence-electron chi connectivity index (χ3n) is 5.71. The number of amides is 1. The Kier molecular flexibility index (Phi) is 5.62. The first-order valence-corrected chi connectivity index (χ1v) is 12.0. The molecule has 0 spiro atoms. The van der Waals surface area contributed by atoms with Gasteiger partial charge in [-0.15, -0.1) is 11.8 Å². The molecule has 0 atom stereocenters. The van der Waals surface area contributed by atoms with Crippen LogP contribution in [0.3, 0.4) is 0 Å². The molecular weight excluding hydrogens is 446 g/mol. The van der Waals surface area contributed by atoms with Crippen molar-refractivity contribution in [2.24, 2.45) is 0 Å². The lowest BCUT2D eigenvalue weighted by atomic mass is 10.1. The highest BCUT2D eigenvalue weighted by molar-refractivity contribution is 7.98. The summed E-state index contributed by atoms with van der Waals surface area (Å²) in [5, 5.41) is 12.9. The van der Waals surface area contributed by atoms with Gasteiger partial charge in [-0.3, -0.25) is 4.79 Å². The zero-order valence-corrected chi connectivity index (χ0v) is 20.1. The molecule has 9 heteroatoms. The molecule has 0 bridgehead atoms. The standard InChI is InChI=1S/C25H23N7OS/c1-15-9-10-18(11-16(15)2)31-23-20(13-28-31)24(27-14-26-23)32-22(12-17(3)30-32)29-25(33)19-7-5-6-8-21(19)34-4/h5-14H,1-4H3,(H,29,33). The Balaban J connectivity index is 1.57. The van der Waals surface area contributed by atoms with Crippen LogP contribution >= 0.6 is 11.8 Å². The molecule has 0 aliphatic carbocycles. The van der Waals surface area contributed by atoms with Crippen molar-refractivity contribution in [3.63, 3.8) is 0 Å². The number of hydrogen-bond donors (Lipinski definition) is 1. The Bertz CT molecular complexity index is 1540. The minimum Gasteiger partial charge on any atom is -0.306 e. The van der Waals surface area contributed by atoms with Gasteiger partial charge in [0.15, 0.2) is 11.5 Å². The number of nitrogens with zero attached hydrogens (tertiary/aromatic N) is 6. The summed E-state index contributed by atoms with van der Waals surface area (Å²) < 4.78 is 3.42. The minimum absolute atomic E-state index is 0.206. The van der Waals surface area contributed by atoms with Gasteiger partial charge >= 0.3 is 0 Å². The number of benzene rings is 2. The number of hydrogen-bond acceptors (Lipinski definition) is 6. The van der Waals surface area contributed by atoms with Crippen LogP contribution in [-0.4, -0.2) is 41.7 Å². The van der Waals surface area contributed by atoms with Crippen molar-refractivity contribution < 1.29 is 4.79 Å². The summed E-state index contributed by atoms with van der Waals surface area (Å²) in [6, 6.07) is 15.5. The quantitative estimate of drug-likeness (QED) is 0.368. The van der Waals surface area contributed by atoms with Crippen LogP contribution in [0.2, 0.25) is 0 Å². The fraction of sp³-hybridized carbons (Fsp3) is 0.160. The van der Waals surface area contributed by atoms with E-state index in [9.17, 15) is 4.79 Å². The minimum atomic E-state index is -0.206. The summed E-state index contributed by atoms with van der Waals surface area (Å²) in [7, 11) is 0. The molecule has 2 aromatic carbocycles. The summed E-state index contributed by atoms with van der Waals surface area (Å²) in [6.07, 6.45) is 5.17. The van der Waals surface area contributed by atoms with Crippen LogP contribution < -0.4 is 5.32 Å². The number of rotatable bonds is 5. The van der Waals surface area contributed by atoms with Crippen molar-refractivity contribution in [2.75, 3.05) is 11.6 Å². The van der Waals surface area contributed by atoms with Crippen molar-refractivity contribution in [1.29, 1.82) is 0 Å². The van der Waals surface area contributed by atoms with Crippen molar-refractivity contribution >= 4 is 34.5 Å². The van der Waals surface area contributed by atoms with Crippen LogP contribution in [0.15, 0.2) is 66.0 Å². The number of thioether (sulfide) groups is 1. The molecule has 0 saturated carbocycles. The first-order chi connectivity index (χ1) is 16.5. The molecule has 0 saturated heterocycles. The maximum Gasteiger partial charge on any atom is 0.257 e. The van der Waals surface area contributed by atoms with E-state index in [4.69, 9.17) is 0 Å². The molecule has 0 unspecified atom stereocenters. The van der Waals surface area contributed by atoms with Crippen molar-refractivity contribution in [1.82, 2.24) is 29.5 Å². The van der Waals surface area contributed by atoms with Gasteiger partial charge in [-0.1, -0.05) is 18.2 Å². The van der Waals surface area contributed by atoms with Gasteiger partial charge in [0.1, 0.15) is 12.1 Å². The molecule has 170 valence electrons. The summed E-state index contributed by atoms with van der Waals surface area (Å²) >= 11 is 1.53. The largest absolute Gasteiger partial charge is 0.306 e. The Morgan fingerprint density at radius 1 is 0.971 bits per heavy atom. The van der Waals surface area contributed by atoms with E-state index < -0.39 is 0 Å². The fourth-order valence-electron chi connectivity index (χ4n) is 3.81. The maximum absolute atomic E-state index is 13.1. The van der Waals surface area contributed by atoms with E-state index in [2.05, 4.69) is 51.5 Å². The second-order valence-corrected chi connectivity index (χ2v) is 8.84.